The molecule has 3 heteroatoms. The molecule has 0 spiro atoms. The Morgan fingerprint density at radius 3 is 2.70 bits per heavy atom. The Labute approximate surface area is 65.8 Å². The van der Waals surface area contributed by atoms with E-state index in [1.54, 1.807) is 0 Å². The minimum Gasteiger partial charge on any atom is -0.466 e. The normalized spacial score (nSPS) is 9.00. The van der Waals surface area contributed by atoms with E-state index in [9.17, 15) is 4.79 Å². The fourth-order valence-electron chi connectivity index (χ4n) is 0.406. The molecule has 10 heavy (non-hydrogen) atoms. The monoisotopic (exact) mass is 162 g/mol. The Morgan fingerprint density at radius 1 is 1.70 bits per heavy atom. The number of rotatable bonds is 4. The third-order valence-corrected chi connectivity index (χ3v) is 1.33. The number of carbonyl (C=O) groups excluding carboxylic acids is 1. The quantitative estimate of drug-likeness (QED) is 0.358. The van der Waals surface area contributed by atoms with Gasteiger partial charge in [-0.05, 0) is 0 Å². The highest BCUT2D eigenvalue weighted by Crippen LogP contribution is 1.99. The SMILES string of the molecule is C=C(CCl)CCOC(C)=O. The first-order valence-electron chi connectivity index (χ1n) is 3.02. The molecule has 0 aliphatic rings. The predicted molar refractivity (Wildman–Crippen MR) is 41.1 cm³/mol. The third kappa shape index (κ3) is 5.63. The molecule has 0 aromatic carbocycles. The van der Waals surface area contributed by atoms with Crippen LogP contribution in [0.25, 0.3) is 0 Å². The zero-order valence-electron chi connectivity index (χ0n) is 6.02. The number of ether oxygens (including phenoxy) is 1. The number of halogens is 1. The molecule has 0 amide bonds. The molecule has 0 aliphatic heterocycles. The fraction of sp³-hybridized carbons (Fsp3) is 0.571. The molecule has 0 radical (unpaired) electrons. The van der Waals surface area contributed by atoms with Crippen molar-refractivity contribution in [2.75, 3.05) is 12.5 Å². The highest BCUT2D eigenvalue weighted by Gasteiger charge is 1.94. The zero-order valence-corrected chi connectivity index (χ0v) is 6.78. The van der Waals surface area contributed by atoms with Crippen LogP contribution in [0.4, 0.5) is 0 Å². The molecule has 58 valence electrons. The Hall–Kier alpha value is -0.500. The highest BCUT2D eigenvalue weighted by molar-refractivity contribution is 6.19. The van der Waals surface area contributed by atoms with E-state index in [0.29, 0.717) is 18.9 Å². The Morgan fingerprint density at radius 2 is 2.30 bits per heavy atom. The Balaban J connectivity index is 3.20. The Bertz CT molecular complexity index is 132. The van der Waals surface area contributed by atoms with Gasteiger partial charge in [-0.2, -0.15) is 0 Å². The Kier molecular flexibility index (Phi) is 5.03. The summed E-state index contributed by atoms with van der Waals surface area (Å²) in [4.78, 5) is 10.2. The van der Waals surface area contributed by atoms with Crippen molar-refractivity contribution in [3.8, 4) is 0 Å². The summed E-state index contributed by atoms with van der Waals surface area (Å²) in [5.74, 6) is 0.170. The largest absolute Gasteiger partial charge is 0.466 e. The second kappa shape index (κ2) is 5.30. The van der Waals surface area contributed by atoms with Gasteiger partial charge >= 0.3 is 5.97 Å². The molecule has 0 rings (SSSR count). The number of hydrogen-bond donors (Lipinski definition) is 0. The minimum absolute atomic E-state index is 0.262. The molecule has 0 aromatic rings. The van der Waals surface area contributed by atoms with E-state index in [-0.39, 0.29) is 5.97 Å². The smallest absolute Gasteiger partial charge is 0.302 e. The number of carbonyl (C=O) groups is 1. The van der Waals surface area contributed by atoms with Gasteiger partial charge in [-0.3, -0.25) is 4.79 Å². The second-order valence-electron chi connectivity index (χ2n) is 1.97. The molecule has 0 saturated carbocycles. The molecule has 0 N–H and O–H groups in total. The van der Waals surface area contributed by atoms with E-state index in [1.807, 2.05) is 0 Å². The van der Waals surface area contributed by atoms with Crippen LogP contribution in [-0.2, 0) is 9.53 Å². The van der Waals surface area contributed by atoms with E-state index in [1.165, 1.54) is 6.92 Å². The van der Waals surface area contributed by atoms with Crippen molar-refractivity contribution < 1.29 is 9.53 Å². The van der Waals surface area contributed by atoms with Gasteiger partial charge in [0, 0.05) is 19.2 Å². The van der Waals surface area contributed by atoms with E-state index in [2.05, 4.69) is 11.3 Å². The van der Waals surface area contributed by atoms with Crippen molar-refractivity contribution in [2.45, 2.75) is 13.3 Å². The minimum atomic E-state index is -0.262. The molecule has 0 bridgehead atoms. The van der Waals surface area contributed by atoms with Gasteiger partial charge < -0.3 is 4.74 Å². The molecule has 2 nitrogen and oxygen atoms in total. The lowest BCUT2D eigenvalue weighted by atomic mass is 10.3. The number of hydrogen-bond acceptors (Lipinski definition) is 2. The molecule has 0 aliphatic carbocycles. The van der Waals surface area contributed by atoms with Gasteiger partial charge in [0.1, 0.15) is 0 Å². The lowest BCUT2D eigenvalue weighted by molar-refractivity contribution is -0.140. The van der Waals surface area contributed by atoms with Gasteiger partial charge in [0.15, 0.2) is 0 Å². The molecular weight excluding hydrogens is 152 g/mol. The first-order chi connectivity index (χ1) is 4.66. The van der Waals surface area contributed by atoms with Gasteiger partial charge in [-0.15, -0.1) is 11.6 Å². The summed E-state index contributed by atoms with van der Waals surface area (Å²) < 4.78 is 4.66. The molecule has 0 unspecified atom stereocenters. The third-order valence-electron chi connectivity index (χ3n) is 0.950. The van der Waals surface area contributed by atoms with Crippen molar-refractivity contribution in [1.82, 2.24) is 0 Å². The fourth-order valence-corrected chi connectivity index (χ4v) is 0.540. The summed E-state index contributed by atoms with van der Waals surface area (Å²) in [7, 11) is 0. The summed E-state index contributed by atoms with van der Waals surface area (Å²) >= 11 is 5.43. The van der Waals surface area contributed by atoms with Crippen LogP contribution in [0.1, 0.15) is 13.3 Å². The van der Waals surface area contributed by atoms with E-state index in [4.69, 9.17) is 11.6 Å². The zero-order chi connectivity index (χ0) is 7.98. The van der Waals surface area contributed by atoms with Gasteiger partial charge in [-0.1, -0.05) is 12.2 Å². The highest BCUT2D eigenvalue weighted by atomic mass is 35.5. The van der Waals surface area contributed by atoms with Gasteiger partial charge in [0.25, 0.3) is 0 Å². The maximum Gasteiger partial charge on any atom is 0.302 e. The second-order valence-corrected chi connectivity index (χ2v) is 2.24. The molecule has 0 aromatic heterocycles. The van der Waals surface area contributed by atoms with E-state index >= 15 is 0 Å². The van der Waals surface area contributed by atoms with Crippen LogP contribution in [0.2, 0.25) is 0 Å². The summed E-state index contributed by atoms with van der Waals surface area (Å²) in [5.41, 5.74) is 0.892. The van der Waals surface area contributed by atoms with Crippen molar-refractivity contribution in [3.05, 3.63) is 12.2 Å². The van der Waals surface area contributed by atoms with Crippen molar-refractivity contribution in [3.63, 3.8) is 0 Å². The number of esters is 1. The molecule has 0 atom stereocenters. The van der Waals surface area contributed by atoms with E-state index in [0.717, 1.165) is 5.57 Å². The first-order valence-corrected chi connectivity index (χ1v) is 3.56. The lowest BCUT2D eigenvalue weighted by Crippen LogP contribution is -2.01. The lowest BCUT2D eigenvalue weighted by Gasteiger charge is -2.00. The molecule has 0 saturated heterocycles. The van der Waals surface area contributed by atoms with E-state index < -0.39 is 0 Å². The molecular formula is C7H11ClO2. The van der Waals surface area contributed by atoms with Gasteiger partial charge in [-0.25, -0.2) is 0 Å². The van der Waals surface area contributed by atoms with Crippen LogP contribution in [0, 0.1) is 0 Å². The van der Waals surface area contributed by atoms with Crippen LogP contribution in [-0.4, -0.2) is 18.5 Å². The maximum absolute atomic E-state index is 10.2. The summed E-state index contributed by atoms with van der Waals surface area (Å²) in [6.45, 7) is 5.41. The van der Waals surface area contributed by atoms with Crippen molar-refractivity contribution in [1.29, 1.82) is 0 Å². The van der Waals surface area contributed by atoms with Crippen molar-refractivity contribution in [2.24, 2.45) is 0 Å². The van der Waals surface area contributed by atoms with Crippen molar-refractivity contribution >= 4 is 17.6 Å². The van der Waals surface area contributed by atoms with Gasteiger partial charge in [0.05, 0.1) is 6.61 Å². The van der Waals surface area contributed by atoms with Crippen LogP contribution < -0.4 is 0 Å². The summed E-state index contributed by atoms with van der Waals surface area (Å²) in [5, 5.41) is 0. The standard InChI is InChI=1S/C7H11ClO2/c1-6(5-8)3-4-10-7(2)9/h1,3-5H2,2H3. The summed E-state index contributed by atoms with van der Waals surface area (Å²) in [6.07, 6.45) is 0.656. The summed E-state index contributed by atoms with van der Waals surface area (Å²) in [6, 6.07) is 0. The molecule has 0 heterocycles. The van der Waals surface area contributed by atoms with Gasteiger partial charge in [0.2, 0.25) is 0 Å². The van der Waals surface area contributed by atoms with Crippen LogP contribution in [0.15, 0.2) is 12.2 Å². The topological polar surface area (TPSA) is 26.3 Å². The van der Waals surface area contributed by atoms with Crippen LogP contribution >= 0.6 is 11.6 Å². The predicted octanol–water partition coefficient (Wildman–Crippen LogP) is 1.73. The first kappa shape index (κ1) is 9.50. The number of alkyl halides is 1. The maximum atomic E-state index is 10.2. The van der Waals surface area contributed by atoms with Crippen LogP contribution in [0.3, 0.4) is 0 Å². The average Bonchev–Trinajstić information content (AvgIpc) is 1.87. The average molecular weight is 163 g/mol. The van der Waals surface area contributed by atoms with Crippen LogP contribution in [0.5, 0.6) is 0 Å². The molecule has 0 fully saturated rings.